The highest BCUT2D eigenvalue weighted by atomic mass is 19.1. The lowest BCUT2D eigenvalue weighted by Crippen LogP contribution is -2.41. The quantitative estimate of drug-likeness (QED) is 0.765. The minimum absolute atomic E-state index is 0.0236. The summed E-state index contributed by atoms with van der Waals surface area (Å²) >= 11 is 0. The Labute approximate surface area is 139 Å². The highest BCUT2D eigenvalue weighted by molar-refractivity contribution is 5.94. The number of rotatable bonds is 5. The molecule has 1 heterocycles. The molecule has 3 amide bonds. The monoisotopic (exact) mass is 339 g/mol. The average molecular weight is 339 g/mol. The van der Waals surface area contributed by atoms with Crippen LogP contribution in [0.1, 0.15) is 13.8 Å². The van der Waals surface area contributed by atoms with Gasteiger partial charge in [0.05, 0.1) is 31.6 Å². The third kappa shape index (κ3) is 5.47. The van der Waals surface area contributed by atoms with Gasteiger partial charge in [0.2, 0.25) is 5.91 Å². The first-order chi connectivity index (χ1) is 11.5. The first-order valence-corrected chi connectivity index (χ1v) is 7.80. The number of nitrogens with one attached hydrogen (secondary N) is 3. The Balaban J connectivity index is 1.89. The van der Waals surface area contributed by atoms with Gasteiger partial charge in [-0.15, -0.1) is 0 Å². The minimum Gasteiger partial charge on any atom is -0.376 e. The van der Waals surface area contributed by atoms with Crippen molar-refractivity contribution in [3.05, 3.63) is 24.0 Å². The lowest BCUT2D eigenvalue weighted by atomic mass is 10.2. The second-order valence-electron chi connectivity index (χ2n) is 5.74. The van der Waals surface area contributed by atoms with Gasteiger partial charge >= 0.3 is 6.03 Å². The first kappa shape index (κ1) is 18.2. The smallest absolute Gasteiger partial charge is 0.319 e. The molecule has 1 aliphatic rings. The van der Waals surface area contributed by atoms with Gasteiger partial charge in [-0.2, -0.15) is 0 Å². The maximum Gasteiger partial charge on any atom is 0.319 e. The zero-order valence-corrected chi connectivity index (χ0v) is 13.7. The standard InChI is InChI=1S/C16H22FN3O4/c1-10(2)15(21)20-14-7-11(3-4-13(14)17)19-16(22)18-8-12-9-23-5-6-24-12/h3-4,7,10,12H,5-6,8-9H2,1-2H3,(H,20,21)(H2,18,19,22)/t12-/m0/s1. The van der Waals surface area contributed by atoms with Crippen molar-refractivity contribution in [2.75, 3.05) is 37.0 Å². The summed E-state index contributed by atoms with van der Waals surface area (Å²) in [4.78, 5) is 23.6. The van der Waals surface area contributed by atoms with Gasteiger partial charge in [-0.1, -0.05) is 13.8 Å². The number of urea groups is 1. The number of hydrogen-bond acceptors (Lipinski definition) is 4. The van der Waals surface area contributed by atoms with Crippen molar-refractivity contribution in [3.63, 3.8) is 0 Å². The van der Waals surface area contributed by atoms with E-state index in [1.54, 1.807) is 13.8 Å². The van der Waals surface area contributed by atoms with Gasteiger partial charge in [-0.3, -0.25) is 4.79 Å². The Bertz CT molecular complexity index is 589. The van der Waals surface area contributed by atoms with Crippen LogP contribution in [0, 0.1) is 11.7 Å². The van der Waals surface area contributed by atoms with Crippen LogP contribution in [0.5, 0.6) is 0 Å². The van der Waals surface area contributed by atoms with Gasteiger partial charge in [0, 0.05) is 18.2 Å². The number of benzene rings is 1. The maximum atomic E-state index is 13.7. The third-order valence-corrected chi connectivity index (χ3v) is 3.38. The first-order valence-electron chi connectivity index (χ1n) is 7.80. The van der Waals surface area contributed by atoms with Gasteiger partial charge in [0.1, 0.15) is 5.82 Å². The number of anilines is 2. The van der Waals surface area contributed by atoms with Crippen molar-refractivity contribution >= 4 is 23.3 Å². The van der Waals surface area contributed by atoms with Crippen LogP contribution in [0.15, 0.2) is 18.2 Å². The molecule has 0 aromatic heterocycles. The Morgan fingerprint density at radius 1 is 1.29 bits per heavy atom. The zero-order valence-electron chi connectivity index (χ0n) is 13.7. The molecule has 1 aromatic rings. The van der Waals surface area contributed by atoms with E-state index in [0.717, 1.165) is 0 Å². The molecule has 1 saturated heterocycles. The topological polar surface area (TPSA) is 88.7 Å². The van der Waals surface area contributed by atoms with E-state index in [0.29, 0.717) is 32.1 Å². The second-order valence-corrected chi connectivity index (χ2v) is 5.74. The van der Waals surface area contributed by atoms with E-state index in [2.05, 4.69) is 16.0 Å². The summed E-state index contributed by atoms with van der Waals surface area (Å²) < 4.78 is 24.4. The molecule has 1 atom stereocenters. The van der Waals surface area contributed by atoms with E-state index in [-0.39, 0.29) is 23.6 Å². The van der Waals surface area contributed by atoms with Crippen LogP contribution in [-0.2, 0) is 14.3 Å². The van der Waals surface area contributed by atoms with Crippen LogP contribution < -0.4 is 16.0 Å². The van der Waals surface area contributed by atoms with Crippen LogP contribution >= 0.6 is 0 Å². The number of ether oxygens (including phenoxy) is 2. The molecule has 7 nitrogen and oxygen atoms in total. The zero-order chi connectivity index (χ0) is 17.5. The fraction of sp³-hybridized carbons (Fsp3) is 0.500. The largest absolute Gasteiger partial charge is 0.376 e. The summed E-state index contributed by atoms with van der Waals surface area (Å²) in [5, 5.41) is 7.73. The highest BCUT2D eigenvalue weighted by Crippen LogP contribution is 2.20. The van der Waals surface area contributed by atoms with E-state index < -0.39 is 11.8 Å². The molecule has 0 unspecified atom stereocenters. The van der Waals surface area contributed by atoms with Crippen molar-refractivity contribution in [2.45, 2.75) is 20.0 Å². The lowest BCUT2D eigenvalue weighted by molar-refractivity contribution is -0.118. The van der Waals surface area contributed by atoms with Crippen molar-refractivity contribution in [1.82, 2.24) is 5.32 Å². The van der Waals surface area contributed by atoms with Gasteiger partial charge < -0.3 is 25.4 Å². The van der Waals surface area contributed by atoms with Crippen LogP contribution in [-0.4, -0.2) is 44.4 Å². The normalized spacial score (nSPS) is 17.4. The van der Waals surface area contributed by atoms with Crippen LogP contribution in [0.25, 0.3) is 0 Å². The summed E-state index contributed by atoms with van der Waals surface area (Å²) in [6, 6.07) is 3.52. The number of carbonyl (C=O) groups is 2. The fourth-order valence-corrected chi connectivity index (χ4v) is 2.01. The molecule has 132 valence electrons. The van der Waals surface area contributed by atoms with E-state index in [1.165, 1.54) is 18.2 Å². The summed E-state index contributed by atoms with van der Waals surface area (Å²) in [7, 11) is 0. The molecular weight excluding hydrogens is 317 g/mol. The Morgan fingerprint density at radius 3 is 2.75 bits per heavy atom. The number of halogens is 1. The predicted molar refractivity (Wildman–Crippen MR) is 87.4 cm³/mol. The predicted octanol–water partition coefficient (Wildman–Crippen LogP) is 1.96. The van der Waals surface area contributed by atoms with Crippen molar-refractivity contribution in [1.29, 1.82) is 0 Å². The Morgan fingerprint density at radius 2 is 2.08 bits per heavy atom. The van der Waals surface area contributed by atoms with Crippen molar-refractivity contribution < 1.29 is 23.5 Å². The molecule has 2 rings (SSSR count). The van der Waals surface area contributed by atoms with Gasteiger partial charge in [0.15, 0.2) is 0 Å². The molecule has 0 spiro atoms. The molecular formula is C16H22FN3O4. The molecule has 1 fully saturated rings. The fourth-order valence-electron chi connectivity index (χ4n) is 2.01. The lowest BCUT2D eigenvalue weighted by Gasteiger charge is -2.23. The van der Waals surface area contributed by atoms with Crippen molar-refractivity contribution in [2.24, 2.45) is 5.92 Å². The summed E-state index contributed by atoms with van der Waals surface area (Å²) in [6.45, 7) is 5.22. The average Bonchev–Trinajstić information content (AvgIpc) is 2.57. The molecule has 3 N–H and O–H groups in total. The molecule has 0 saturated carbocycles. The van der Waals surface area contributed by atoms with Gasteiger partial charge in [-0.05, 0) is 18.2 Å². The van der Waals surface area contributed by atoms with E-state index >= 15 is 0 Å². The molecule has 8 heteroatoms. The Kier molecular flexibility index (Phi) is 6.51. The molecule has 0 aliphatic carbocycles. The van der Waals surface area contributed by atoms with E-state index in [1.807, 2.05) is 0 Å². The number of carbonyl (C=O) groups excluding carboxylic acids is 2. The number of amides is 3. The molecule has 0 radical (unpaired) electrons. The van der Waals surface area contributed by atoms with Crippen LogP contribution in [0.4, 0.5) is 20.6 Å². The van der Waals surface area contributed by atoms with Gasteiger partial charge in [-0.25, -0.2) is 9.18 Å². The van der Waals surface area contributed by atoms with Crippen LogP contribution in [0.3, 0.4) is 0 Å². The van der Waals surface area contributed by atoms with Gasteiger partial charge in [0.25, 0.3) is 0 Å². The van der Waals surface area contributed by atoms with Crippen LogP contribution in [0.2, 0.25) is 0 Å². The third-order valence-electron chi connectivity index (χ3n) is 3.38. The number of hydrogen-bond donors (Lipinski definition) is 3. The minimum atomic E-state index is -0.567. The van der Waals surface area contributed by atoms with E-state index in [9.17, 15) is 14.0 Å². The molecule has 24 heavy (non-hydrogen) atoms. The van der Waals surface area contributed by atoms with E-state index in [4.69, 9.17) is 9.47 Å². The summed E-state index contributed by atoms with van der Waals surface area (Å²) in [5.74, 6) is -1.14. The molecule has 0 bridgehead atoms. The molecule has 1 aromatic carbocycles. The van der Waals surface area contributed by atoms with Crippen molar-refractivity contribution in [3.8, 4) is 0 Å². The Hall–Kier alpha value is -2.19. The summed E-state index contributed by atoms with van der Waals surface area (Å²) in [5.41, 5.74) is 0.393. The highest BCUT2D eigenvalue weighted by Gasteiger charge is 2.16. The summed E-state index contributed by atoms with van der Waals surface area (Å²) in [6.07, 6.45) is -0.182. The molecule has 1 aliphatic heterocycles. The maximum absolute atomic E-state index is 13.7. The second kappa shape index (κ2) is 8.60. The SMILES string of the molecule is CC(C)C(=O)Nc1cc(NC(=O)NC[C@H]2COCCO2)ccc1F.